The lowest BCUT2D eigenvalue weighted by molar-refractivity contribution is -0.141. The largest absolute Gasteiger partial charge is 0.426 e. The number of esters is 1. The highest BCUT2D eigenvalue weighted by Crippen LogP contribution is 2.12. The van der Waals surface area contributed by atoms with E-state index >= 15 is 0 Å². The molecule has 0 spiro atoms. The van der Waals surface area contributed by atoms with Crippen molar-refractivity contribution in [3.63, 3.8) is 0 Å². The molecule has 4 heteroatoms. The molecule has 0 amide bonds. The number of carbonyl (C=O) groups is 2. The summed E-state index contributed by atoms with van der Waals surface area (Å²) in [5, 5.41) is -0.717. The normalized spacial score (nSPS) is 11.9. The van der Waals surface area contributed by atoms with Crippen LogP contribution in [0.1, 0.15) is 6.92 Å². The van der Waals surface area contributed by atoms with E-state index in [1.165, 1.54) is 6.92 Å². The van der Waals surface area contributed by atoms with Crippen LogP contribution in [0.25, 0.3) is 0 Å². The molecule has 1 rings (SSSR count). The lowest BCUT2D eigenvalue weighted by atomic mass is 10.2. The molecule has 1 aromatic rings. The minimum Gasteiger partial charge on any atom is -0.426 e. The van der Waals surface area contributed by atoms with Crippen LogP contribution in [0.4, 0.5) is 0 Å². The van der Waals surface area contributed by atoms with Gasteiger partial charge in [0.15, 0.2) is 0 Å². The summed E-state index contributed by atoms with van der Waals surface area (Å²) in [6.07, 6.45) is 0. The summed E-state index contributed by atoms with van der Waals surface area (Å²) >= 11 is 5.15. The standard InChI is InChI=1S/C10H9ClO3/c1-7(9(11)12)10(13)14-8-5-3-2-4-6-8/h2-7H,1H3. The van der Waals surface area contributed by atoms with Gasteiger partial charge in [-0.2, -0.15) is 0 Å². The molecule has 0 aromatic heterocycles. The van der Waals surface area contributed by atoms with Crippen molar-refractivity contribution in [2.45, 2.75) is 6.92 Å². The summed E-state index contributed by atoms with van der Waals surface area (Å²) in [5.74, 6) is -1.17. The highest BCUT2D eigenvalue weighted by Gasteiger charge is 2.21. The molecule has 1 unspecified atom stereocenters. The van der Waals surface area contributed by atoms with Gasteiger partial charge in [-0.25, -0.2) is 0 Å². The van der Waals surface area contributed by atoms with E-state index in [0.29, 0.717) is 5.75 Å². The van der Waals surface area contributed by atoms with Gasteiger partial charge in [0.05, 0.1) is 0 Å². The van der Waals surface area contributed by atoms with Crippen molar-refractivity contribution < 1.29 is 14.3 Å². The first kappa shape index (κ1) is 10.7. The number of hydrogen-bond donors (Lipinski definition) is 0. The van der Waals surface area contributed by atoms with Gasteiger partial charge in [-0.3, -0.25) is 9.59 Å². The molecule has 14 heavy (non-hydrogen) atoms. The maximum atomic E-state index is 11.2. The van der Waals surface area contributed by atoms with Crippen LogP contribution in [0.2, 0.25) is 0 Å². The number of para-hydroxylation sites is 1. The van der Waals surface area contributed by atoms with E-state index in [1.807, 2.05) is 0 Å². The van der Waals surface area contributed by atoms with E-state index in [9.17, 15) is 9.59 Å². The van der Waals surface area contributed by atoms with E-state index in [4.69, 9.17) is 16.3 Å². The lowest BCUT2D eigenvalue weighted by Gasteiger charge is -2.06. The first-order valence-corrected chi connectivity index (χ1v) is 4.45. The number of rotatable bonds is 3. The highest BCUT2D eigenvalue weighted by molar-refractivity contribution is 6.65. The Hall–Kier alpha value is -1.35. The Morgan fingerprint density at radius 2 is 1.86 bits per heavy atom. The Morgan fingerprint density at radius 3 is 2.36 bits per heavy atom. The minimum atomic E-state index is -0.933. The third kappa shape index (κ3) is 2.85. The van der Waals surface area contributed by atoms with Crippen LogP contribution in [0.5, 0.6) is 5.75 Å². The number of halogens is 1. The maximum Gasteiger partial charge on any atom is 0.322 e. The summed E-state index contributed by atoms with van der Waals surface area (Å²) in [6, 6.07) is 8.52. The van der Waals surface area contributed by atoms with Crippen LogP contribution in [-0.2, 0) is 9.59 Å². The fraction of sp³-hybridized carbons (Fsp3) is 0.200. The summed E-state index contributed by atoms with van der Waals surface area (Å²) in [4.78, 5) is 21.9. The van der Waals surface area contributed by atoms with Gasteiger partial charge in [-0.1, -0.05) is 18.2 Å². The summed E-state index contributed by atoms with van der Waals surface area (Å²) in [5.41, 5.74) is 0. The second kappa shape index (κ2) is 4.77. The Morgan fingerprint density at radius 1 is 1.29 bits per heavy atom. The molecule has 0 aliphatic carbocycles. The van der Waals surface area contributed by atoms with Crippen molar-refractivity contribution >= 4 is 22.8 Å². The Labute approximate surface area is 86.6 Å². The summed E-state index contributed by atoms with van der Waals surface area (Å²) < 4.78 is 4.89. The van der Waals surface area contributed by atoms with Gasteiger partial charge in [0.2, 0.25) is 5.24 Å². The molecule has 0 aliphatic heterocycles. The van der Waals surface area contributed by atoms with E-state index in [1.54, 1.807) is 30.3 Å². The van der Waals surface area contributed by atoms with Crippen molar-refractivity contribution in [3.8, 4) is 5.75 Å². The number of benzene rings is 1. The highest BCUT2D eigenvalue weighted by atomic mass is 35.5. The van der Waals surface area contributed by atoms with E-state index < -0.39 is 17.1 Å². The van der Waals surface area contributed by atoms with Gasteiger partial charge >= 0.3 is 5.97 Å². The molecule has 1 atom stereocenters. The second-order valence-electron chi connectivity index (χ2n) is 2.76. The van der Waals surface area contributed by atoms with Gasteiger partial charge in [0.1, 0.15) is 11.7 Å². The van der Waals surface area contributed by atoms with Gasteiger partial charge in [-0.05, 0) is 30.7 Å². The fourth-order valence-corrected chi connectivity index (χ4v) is 0.875. The number of carbonyl (C=O) groups excluding carboxylic acids is 2. The van der Waals surface area contributed by atoms with Gasteiger partial charge < -0.3 is 4.74 Å². The van der Waals surface area contributed by atoms with Crippen LogP contribution in [-0.4, -0.2) is 11.2 Å². The molecule has 3 nitrogen and oxygen atoms in total. The first-order valence-electron chi connectivity index (χ1n) is 4.07. The Bertz CT molecular complexity index is 334. The van der Waals surface area contributed by atoms with Gasteiger partial charge in [0.25, 0.3) is 0 Å². The molecule has 0 aliphatic rings. The predicted octanol–water partition coefficient (Wildman–Crippen LogP) is 1.99. The molecule has 0 heterocycles. The topological polar surface area (TPSA) is 43.4 Å². The Kier molecular flexibility index (Phi) is 3.65. The van der Waals surface area contributed by atoms with Gasteiger partial charge in [0, 0.05) is 0 Å². The zero-order valence-electron chi connectivity index (χ0n) is 7.57. The number of ether oxygens (including phenoxy) is 1. The molecule has 0 saturated carbocycles. The SMILES string of the molecule is CC(C(=O)Cl)C(=O)Oc1ccccc1. The molecular weight excluding hydrogens is 204 g/mol. The van der Waals surface area contributed by atoms with Crippen molar-refractivity contribution in [2.75, 3.05) is 0 Å². The van der Waals surface area contributed by atoms with Gasteiger partial charge in [-0.15, -0.1) is 0 Å². The minimum absolute atomic E-state index is 0.405. The molecular formula is C10H9ClO3. The van der Waals surface area contributed by atoms with E-state index in [-0.39, 0.29) is 0 Å². The van der Waals surface area contributed by atoms with Crippen LogP contribution in [0.15, 0.2) is 30.3 Å². The molecule has 0 bridgehead atoms. The van der Waals surface area contributed by atoms with Crippen molar-refractivity contribution in [1.29, 1.82) is 0 Å². The molecule has 74 valence electrons. The average molecular weight is 213 g/mol. The second-order valence-corrected chi connectivity index (χ2v) is 3.13. The predicted molar refractivity (Wildman–Crippen MR) is 52.1 cm³/mol. The van der Waals surface area contributed by atoms with E-state index in [2.05, 4.69) is 0 Å². The van der Waals surface area contributed by atoms with Crippen molar-refractivity contribution in [3.05, 3.63) is 30.3 Å². The maximum absolute atomic E-state index is 11.2. The van der Waals surface area contributed by atoms with E-state index in [0.717, 1.165) is 0 Å². The van der Waals surface area contributed by atoms with Crippen molar-refractivity contribution in [1.82, 2.24) is 0 Å². The smallest absolute Gasteiger partial charge is 0.322 e. The van der Waals surface area contributed by atoms with Crippen LogP contribution in [0, 0.1) is 5.92 Å². The molecule has 0 radical (unpaired) electrons. The van der Waals surface area contributed by atoms with Crippen molar-refractivity contribution in [2.24, 2.45) is 5.92 Å². The Balaban J connectivity index is 2.62. The number of hydrogen-bond acceptors (Lipinski definition) is 3. The quantitative estimate of drug-likeness (QED) is 0.333. The summed E-state index contributed by atoms with van der Waals surface area (Å²) in [7, 11) is 0. The average Bonchev–Trinajstić information content (AvgIpc) is 2.18. The zero-order valence-corrected chi connectivity index (χ0v) is 8.32. The van der Waals surface area contributed by atoms with Crippen LogP contribution < -0.4 is 4.74 Å². The molecule has 1 aromatic carbocycles. The van der Waals surface area contributed by atoms with Crippen LogP contribution >= 0.6 is 11.6 Å². The zero-order chi connectivity index (χ0) is 10.6. The third-order valence-corrected chi connectivity index (χ3v) is 1.98. The third-order valence-electron chi connectivity index (χ3n) is 1.66. The lowest BCUT2D eigenvalue weighted by Crippen LogP contribution is -2.22. The van der Waals surface area contributed by atoms with Crippen LogP contribution in [0.3, 0.4) is 0 Å². The first-order chi connectivity index (χ1) is 6.61. The monoisotopic (exact) mass is 212 g/mol. The molecule has 0 N–H and O–H groups in total. The summed E-state index contributed by atoms with van der Waals surface area (Å²) in [6.45, 7) is 1.40. The molecule has 0 fully saturated rings. The molecule has 0 saturated heterocycles. The fourth-order valence-electron chi connectivity index (χ4n) is 0.786.